The lowest BCUT2D eigenvalue weighted by Gasteiger charge is -2.10. The van der Waals surface area contributed by atoms with E-state index in [2.05, 4.69) is 39.0 Å². The average molecular weight is 284 g/mol. The van der Waals surface area contributed by atoms with Gasteiger partial charge in [0.25, 0.3) is 5.91 Å². The zero-order chi connectivity index (χ0) is 15.4. The summed E-state index contributed by atoms with van der Waals surface area (Å²) in [6.45, 7) is 7.87. The van der Waals surface area contributed by atoms with Gasteiger partial charge in [0.1, 0.15) is 0 Å². The highest BCUT2D eigenvalue weighted by Crippen LogP contribution is 2.20. The van der Waals surface area contributed by atoms with Gasteiger partial charge < -0.3 is 10.6 Å². The Balaban J connectivity index is 2.12. The number of aryl methyl sites for hydroxylation is 2. The van der Waals surface area contributed by atoms with Crippen molar-refractivity contribution in [2.45, 2.75) is 33.7 Å². The van der Waals surface area contributed by atoms with E-state index in [-0.39, 0.29) is 11.9 Å². The number of nitrogens with one attached hydrogen (secondary N) is 2. The maximum atomic E-state index is 11.8. The Morgan fingerprint density at radius 3 is 2.48 bits per heavy atom. The molecule has 1 heterocycles. The van der Waals surface area contributed by atoms with Crippen molar-refractivity contribution in [1.82, 2.24) is 15.5 Å². The molecular formula is C16H20N4O. The van der Waals surface area contributed by atoms with Crippen LogP contribution in [-0.2, 0) is 0 Å². The van der Waals surface area contributed by atoms with Gasteiger partial charge in [0.15, 0.2) is 11.5 Å². The second-order valence-corrected chi connectivity index (χ2v) is 5.38. The van der Waals surface area contributed by atoms with Crippen LogP contribution >= 0.6 is 0 Å². The molecule has 0 fully saturated rings. The normalized spacial score (nSPS) is 10.5. The first-order chi connectivity index (χ1) is 9.95. The topological polar surface area (TPSA) is 66.9 Å². The van der Waals surface area contributed by atoms with Gasteiger partial charge in [-0.05, 0) is 57.0 Å². The van der Waals surface area contributed by atoms with Gasteiger partial charge in [-0.25, -0.2) is 0 Å². The van der Waals surface area contributed by atoms with Crippen LogP contribution in [0.15, 0.2) is 30.3 Å². The third kappa shape index (κ3) is 4.02. The van der Waals surface area contributed by atoms with E-state index in [0.717, 1.165) is 11.3 Å². The predicted octanol–water partition coefficient (Wildman–Crippen LogP) is 2.98. The third-order valence-corrected chi connectivity index (χ3v) is 2.97. The number of benzene rings is 1. The van der Waals surface area contributed by atoms with Crippen molar-refractivity contribution in [3.63, 3.8) is 0 Å². The molecule has 5 nitrogen and oxygen atoms in total. The summed E-state index contributed by atoms with van der Waals surface area (Å²) in [5, 5.41) is 14.0. The Morgan fingerprint density at radius 2 is 1.86 bits per heavy atom. The molecule has 0 atom stereocenters. The van der Waals surface area contributed by atoms with E-state index < -0.39 is 0 Å². The van der Waals surface area contributed by atoms with E-state index in [9.17, 15) is 4.79 Å². The van der Waals surface area contributed by atoms with Crippen LogP contribution in [0.1, 0.15) is 35.5 Å². The van der Waals surface area contributed by atoms with Crippen LogP contribution in [0.5, 0.6) is 0 Å². The van der Waals surface area contributed by atoms with E-state index in [4.69, 9.17) is 0 Å². The molecule has 0 spiro atoms. The van der Waals surface area contributed by atoms with Crippen molar-refractivity contribution >= 4 is 17.4 Å². The number of hydrogen-bond acceptors (Lipinski definition) is 4. The van der Waals surface area contributed by atoms with Crippen LogP contribution in [0, 0.1) is 13.8 Å². The quantitative estimate of drug-likeness (QED) is 0.905. The fourth-order valence-corrected chi connectivity index (χ4v) is 1.86. The number of anilines is 2. The minimum atomic E-state index is -0.212. The van der Waals surface area contributed by atoms with E-state index in [1.165, 1.54) is 5.56 Å². The van der Waals surface area contributed by atoms with E-state index in [0.29, 0.717) is 11.5 Å². The monoisotopic (exact) mass is 284 g/mol. The molecule has 0 aliphatic heterocycles. The number of hydrogen-bond donors (Lipinski definition) is 2. The van der Waals surface area contributed by atoms with Crippen LogP contribution in [-0.4, -0.2) is 22.1 Å². The second kappa shape index (κ2) is 6.35. The van der Waals surface area contributed by atoms with E-state index >= 15 is 0 Å². The van der Waals surface area contributed by atoms with Crippen LogP contribution in [0.2, 0.25) is 0 Å². The lowest BCUT2D eigenvalue weighted by molar-refractivity contribution is 0.0937. The molecule has 110 valence electrons. The molecule has 0 aliphatic carbocycles. The molecule has 21 heavy (non-hydrogen) atoms. The Kier molecular flexibility index (Phi) is 4.52. The van der Waals surface area contributed by atoms with Gasteiger partial charge in [-0.3, -0.25) is 4.79 Å². The highest BCUT2D eigenvalue weighted by atomic mass is 16.1. The molecule has 1 aromatic heterocycles. The molecule has 1 amide bonds. The predicted molar refractivity (Wildman–Crippen MR) is 83.8 cm³/mol. The highest BCUT2D eigenvalue weighted by molar-refractivity contribution is 5.92. The van der Waals surface area contributed by atoms with Crippen LogP contribution in [0.4, 0.5) is 11.5 Å². The number of nitrogens with zero attached hydrogens (tertiary/aromatic N) is 2. The fourth-order valence-electron chi connectivity index (χ4n) is 1.86. The standard InChI is InChI=1S/C16H20N4O/c1-10(2)17-16(21)13-7-8-15(20-19-13)18-14-9-11(3)5-6-12(14)4/h5-10H,1-4H3,(H,17,21)(H,18,20). The molecule has 0 aliphatic rings. The maximum absolute atomic E-state index is 11.8. The van der Waals surface area contributed by atoms with Crippen molar-refractivity contribution in [3.05, 3.63) is 47.2 Å². The minimum Gasteiger partial charge on any atom is -0.348 e. The third-order valence-electron chi connectivity index (χ3n) is 2.97. The van der Waals surface area contributed by atoms with Crippen molar-refractivity contribution in [1.29, 1.82) is 0 Å². The molecule has 1 aromatic carbocycles. The molecular weight excluding hydrogens is 264 g/mol. The molecule has 0 radical (unpaired) electrons. The number of carbonyl (C=O) groups excluding carboxylic acids is 1. The molecule has 0 bridgehead atoms. The summed E-state index contributed by atoms with van der Waals surface area (Å²) in [5.41, 5.74) is 3.60. The van der Waals surface area contributed by atoms with Crippen molar-refractivity contribution < 1.29 is 4.79 Å². The van der Waals surface area contributed by atoms with Crippen molar-refractivity contribution in [3.8, 4) is 0 Å². The van der Waals surface area contributed by atoms with Gasteiger partial charge in [0.2, 0.25) is 0 Å². The largest absolute Gasteiger partial charge is 0.348 e. The fraction of sp³-hybridized carbons (Fsp3) is 0.312. The molecule has 0 unspecified atom stereocenters. The van der Waals surface area contributed by atoms with Gasteiger partial charge >= 0.3 is 0 Å². The van der Waals surface area contributed by atoms with Gasteiger partial charge in [-0.2, -0.15) is 0 Å². The van der Waals surface area contributed by atoms with Crippen molar-refractivity contribution in [2.24, 2.45) is 0 Å². The highest BCUT2D eigenvalue weighted by Gasteiger charge is 2.09. The Hall–Kier alpha value is -2.43. The molecule has 0 saturated carbocycles. The Bertz CT molecular complexity index is 635. The first-order valence-electron chi connectivity index (χ1n) is 6.94. The van der Waals surface area contributed by atoms with Gasteiger partial charge in [-0.15, -0.1) is 10.2 Å². The van der Waals surface area contributed by atoms with Crippen LogP contribution < -0.4 is 10.6 Å². The van der Waals surface area contributed by atoms with Gasteiger partial charge in [0, 0.05) is 11.7 Å². The molecule has 2 N–H and O–H groups in total. The van der Waals surface area contributed by atoms with E-state index in [1.807, 2.05) is 27.7 Å². The lowest BCUT2D eigenvalue weighted by atomic mass is 10.1. The minimum absolute atomic E-state index is 0.0760. The molecule has 2 rings (SSSR count). The summed E-state index contributed by atoms with van der Waals surface area (Å²) in [6.07, 6.45) is 0. The number of amides is 1. The number of rotatable bonds is 4. The summed E-state index contributed by atoms with van der Waals surface area (Å²) in [6, 6.07) is 9.66. The summed E-state index contributed by atoms with van der Waals surface area (Å²) in [4.78, 5) is 11.8. The summed E-state index contributed by atoms with van der Waals surface area (Å²) in [5.74, 6) is 0.403. The zero-order valence-corrected chi connectivity index (χ0v) is 12.8. The van der Waals surface area contributed by atoms with Crippen LogP contribution in [0.3, 0.4) is 0 Å². The number of aromatic nitrogens is 2. The van der Waals surface area contributed by atoms with E-state index in [1.54, 1.807) is 12.1 Å². The maximum Gasteiger partial charge on any atom is 0.271 e. The summed E-state index contributed by atoms with van der Waals surface area (Å²) >= 11 is 0. The van der Waals surface area contributed by atoms with Crippen LogP contribution in [0.25, 0.3) is 0 Å². The Morgan fingerprint density at radius 1 is 1.10 bits per heavy atom. The van der Waals surface area contributed by atoms with Gasteiger partial charge in [-0.1, -0.05) is 12.1 Å². The van der Waals surface area contributed by atoms with Crippen molar-refractivity contribution in [2.75, 3.05) is 5.32 Å². The second-order valence-electron chi connectivity index (χ2n) is 5.38. The molecule has 2 aromatic rings. The van der Waals surface area contributed by atoms with Gasteiger partial charge in [0.05, 0.1) is 0 Å². The lowest BCUT2D eigenvalue weighted by Crippen LogP contribution is -2.30. The average Bonchev–Trinajstić information content (AvgIpc) is 2.43. The molecule has 5 heteroatoms. The number of carbonyl (C=O) groups is 1. The first-order valence-corrected chi connectivity index (χ1v) is 6.94. The summed E-state index contributed by atoms with van der Waals surface area (Å²) < 4.78 is 0. The summed E-state index contributed by atoms with van der Waals surface area (Å²) in [7, 11) is 0. The smallest absolute Gasteiger partial charge is 0.271 e. The molecule has 0 saturated heterocycles. The zero-order valence-electron chi connectivity index (χ0n) is 12.8. The Labute approximate surface area is 124 Å². The SMILES string of the molecule is Cc1ccc(C)c(Nc2ccc(C(=O)NC(C)C)nn2)c1. The first kappa shape index (κ1) is 15.0.